The van der Waals surface area contributed by atoms with Crippen molar-refractivity contribution in [3.05, 3.63) is 71.1 Å². The maximum absolute atomic E-state index is 12.5. The lowest BCUT2D eigenvalue weighted by atomic mass is 10.2. The van der Waals surface area contributed by atoms with E-state index in [-0.39, 0.29) is 17.8 Å². The maximum Gasteiger partial charge on any atom is 0.277 e. The largest absolute Gasteiger partial charge is 0.491 e. The lowest BCUT2D eigenvalue weighted by Gasteiger charge is -2.27. The Morgan fingerprint density at radius 2 is 1.88 bits per heavy atom. The zero-order chi connectivity index (χ0) is 22.6. The molecule has 0 bridgehead atoms. The monoisotopic (exact) mass is 445 g/mol. The van der Waals surface area contributed by atoms with E-state index in [1.807, 2.05) is 61.5 Å². The molecule has 1 saturated heterocycles. The van der Waals surface area contributed by atoms with Gasteiger partial charge in [0.15, 0.2) is 5.82 Å². The van der Waals surface area contributed by atoms with Crippen molar-refractivity contribution in [2.24, 2.45) is 0 Å². The van der Waals surface area contributed by atoms with E-state index in [1.165, 1.54) is 6.20 Å². The van der Waals surface area contributed by atoms with Crippen LogP contribution < -0.4 is 15.6 Å². The highest BCUT2D eigenvalue weighted by Gasteiger charge is 2.19. The smallest absolute Gasteiger partial charge is 0.277 e. The Hall–Kier alpha value is -3.82. The first-order valence-corrected chi connectivity index (χ1v) is 10.7. The predicted molar refractivity (Wildman–Crippen MR) is 124 cm³/mol. The Balaban J connectivity index is 1.36. The average molecular weight is 445 g/mol. The fourth-order valence-electron chi connectivity index (χ4n) is 3.51. The second-order valence-corrected chi connectivity index (χ2v) is 7.78. The molecule has 1 aliphatic rings. The van der Waals surface area contributed by atoms with Gasteiger partial charge in [0.1, 0.15) is 35.2 Å². The van der Waals surface area contributed by atoms with Crippen LogP contribution in [0, 0.1) is 0 Å². The molecular formula is C24H23N5O4. The Kier molecular flexibility index (Phi) is 5.97. The van der Waals surface area contributed by atoms with Gasteiger partial charge in [0.25, 0.3) is 5.56 Å². The molecule has 5 rings (SSSR count). The van der Waals surface area contributed by atoms with Crippen LogP contribution in [0.15, 0.2) is 65.6 Å². The Morgan fingerprint density at radius 3 is 2.64 bits per heavy atom. The molecule has 4 aromatic rings. The van der Waals surface area contributed by atoms with E-state index in [0.717, 1.165) is 11.3 Å². The van der Waals surface area contributed by atoms with E-state index in [1.54, 1.807) is 0 Å². The number of aromatic amines is 1. The molecule has 1 aliphatic heterocycles. The topological polar surface area (TPSA) is 111 Å². The minimum Gasteiger partial charge on any atom is -0.491 e. The zero-order valence-electron chi connectivity index (χ0n) is 18.0. The molecule has 168 valence electrons. The van der Waals surface area contributed by atoms with Crippen molar-refractivity contribution >= 4 is 22.4 Å². The number of nitrogens with zero attached hydrogens (tertiary/aromatic N) is 3. The van der Waals surface area contributed by atoms with Crippen LogP contribution in [-0.2, 0) is 9.47 Å². The van der Waals surface area contributed by atoms with Crippen molar-refractivity contribution in [1.29, 1.82) is 0 Å². The van der Waals surface area contributed by atoms with Crippen LogP contribution in [0.1, 0.15) is 6.92 Å². The van der Waals surface area contributed by atoms with Gasteiger partial charge in [-0.3, -0.25) is 4.79 Å². The molecule has 0 aliphatic carbocycles. The van der Waals surface area contributed by atoms with E-state index in [2.05, 4.69) is 25.5 Å². The summed E-state index contributed by atoms with van der Waals surface area (Å²) in [5, 5.41) is 9.91. The first-order chi connectivity index (χ1) is 16.2. The molecule has 1 fully saturated rings. The van der Waals surface area contributed by atoms with Gasteiger partial charge in [0.2, 0.25) is 0 Å². The Labute approximate surface area is 189 Å². The van der Waals surface area contributed by atoms with Gasteiger partial charge < -0.3 is 19.5 Å². The van der Waals surface area contributed by atoms with Gasteiger partial charge >= 0.3 is 0 Å². The molecule has 9 nitrogen and oxygen atoms in total. The highest BCUT2D eigenvalue weighted by Crippen LogP contribution is 2.26. The summed E-state index contributed by atoms with van der Waals surface area (Å²) < 4.78 is 17.1. The number of ether oxygens (including phenoxy) is 3. The number of hydrogen-bond donors (Lipinski definition) is 2. The zero-order valence-corrected chi connectivity index (χ0v) is 18.0. The summed E-state index contributed by atoms with van der Waals surface area (Å²) in [5.41, 5.74) is 1.69. The average Bonchev–Trinajstić information content (AvgIpc) is 2.85. The summed E-state index contributed by atoms with van der Waals surface area (Å²) in [6.07, 6.45) is 1.56. The van der Waals surface area contributed by atoms with Crippen molar-refractivity contribution in [3.8, 4) is 17.1 Å². The van der Waals surface area contributed by atoms with Crippen molar-refractivity contribution < 1.29 is 14.2 Å². The van der Waals surface area contributed by atoms with Crippen molar-refractivity contribution in [3.63, 3.8) is 0 Å². The summed E-state index contributed by atoms with van der Waals surface area (Å²) in [5.74, 6) is 1.61. The summed E-state index contributed by atoms with van der Waals surface area (Å²) >= 11 is 0. The first-order valence-electron chi connectivity index (χ1n) is 10.7. The SMILES string of the molecule is C[C@H]1CO[C@H](COc2ccc(Nc3nc(-c4ccccc4)nc4cn[nH]c(=O)c34)cc2)CO1. The number of rotatable bonds is 6. The van der Waals surface area contributed by atoms with Crippen LogP contribution in [0.3, 0.4) is 0 Å². The first kappa shape index (κ1) is 21.0. The lowest BCUT2D eigenvalue weighted by molar-refractivity contribution is -0.136. The third-order valence-electron chi connectivity index (χ3n) is 5.24. The fourth-order valence-corrected chi connectivity index (χ4v) is 3.51. The summed E-state index contributed by atoms with van der Waals surface area (Å²) in [4.78, 5) is 21.6. The predicted octanol–water partition coefficient (Wildman–Crippen LogP) is 3.31. The van der Waals surface area contributed by atoms with Crippen LogP contribution in [0.25, 0.3) is 22.3 Å². The van der Waals surface area contributed by atoms with Crippen molar-refractivity contribution in [2.75, 3.05) is 25.1 Å². The van der Waals surface area contributed by atoms with E-state index in [4.69, 9.17) is 14.2 Å². The molecule has 2 aromatic heterocycles. The molecule has 0 unspecified atom stereocenters. The number of fused-ring (bicyclic) bond motifs is 1. The van der Waals surface area contributed by atoms with Crippen LogP contribution in [0.2, 0.25) is 0 Å². The van der Waals surface area contributed by atoms with Gasteiger partial charge in [-0.15, -0.1) is 0 Å². The van der Waals surface area contributed by atoms with Gasteiger partial charge in [-0.05, 0) is 31.2 Å². The molecule has 2 N–H and O–H groups in total. The Bertz CT molecular complexity index is 1290. The van der Waals surface area contributed by atoms with Crippen molar-refractivity contribution in [2.45, 2.75) is 19.1 Å². The van der Waals surface area contributed by atoms with Gasteiger partial charge in [-0.2, -0.15) is 5.10 Å². The van der Waals surface area contributed by atoms with Crippen LogP contribution in [0.5, 0.6) is 5.75 Å². The molecule has 3 heterocycles. The molecule has 0 spiro atoms. The molecule has 0 radical (unpaired) electrons. The number of nitrogens with one attached hydrogen (secondary N) is 2. The normalized spacial score (nSPS) is 18.2. The number of H-pyrrole nitrogens is 1. The number of anilines is 2. The quantitative estimate of drug-likeness (QED) is 0.465. The number of aromatic nitrogens is 4. The maximum atomic E-state index is 12.5. The van der Waals surface area contributed by atoms with Crippen molar-refractivity contribution in [1.82, 2.24) is 20.2 Å². The van der Waals surface area contributed by atoms with Gasteiger partial charge in [0, 0.05) is 11.3 Å². The molecule has 9 heteroatoms. The third-order valence-corrected chi connectivity index (χ3v) is 5.24. The van der Waals surface area contributed by atoms with Gasteiger partial charge in [0.05, 0.1) is 25.5 Å². The summed E-state index contributed by atoms with van der Waals surface area (Å²) in [7, 11) is 0. The van der Waals surface area contributed by atoms with E-state index < -0.39 is 0 Å². The molecule has 0 amide bonds. The standard InChI is InChI=1S/C24H23N5O4/c1-15-12-32-19(13-31-15)14-33-18-9-7-17(8-10-18)26-23-21-20(11-25-29-24(21)30)27-22(28-23)16-5-3-2-4-6-16/h2-11,15,19H,12-14H2,1H3,(H,29,30)(H,26,27,28)/t15-,19-/m0/s1. The minimum atomic E-state index is -0.362. The van der Waals surface area contributed by atoms with Crippen LogP contribution in [-0.4, -0.2) is 52.2 Å². The van der Waals surface area contributed by atoms with E-state index in [9.17, 15) is 4.79 Å². The molecule has 2 aromatic carbocycles. The second-order valence-electron chi connectivity index (χ2n) is 7.78. The van der Waals surface area contributed by atoms with Gasteiger partial charge in [-0.25, -0.2) is 15.1 Å². The third kappa shape index (κ3) is 4.84. The lowest BCUT2D eigenvalue weighted by Crippen LogP contribution is -2.37. The number of benzene rings is 2. The molecular weight excluding hydrogens is 422 g/mol. The second kappa shape index (κ2) is 9.35. The highest BCUT2D eigenvalue weighted by molar-refractivity contribution is 5.91. The molecule has 2 atom stereocenters. The number of hydrogen-bond acceptors (Lipinski definition) is 8. The highest BCUT2D eigenvalue weighted by atomic mass is 16.6. The Morgan fingerprint density at radius 1 is 1.06 bits per heavy atom. The molecule has 33 heavy (non-hydrogen) atoms. The van der Waals surface area contributed by atoms with Gasteiger partial charge in [-0.1, -0.05) is 30.3 Å². The minimum absolute atomic E-state index is 0.0804. The summed E-state index contributed by atoms with van der Waals surface area (Å²) in [6, 6.07) is 17.0. The van der Waals surface area contributed by atoms with Crippen LogP contribution >= 0.6 is 0 Å². The van der Waals surface area contributed by atoms with E-state index >= 15 is 0 Å². The summed E-state index contributed by atoms with van der Waals surface area (Å²) in [6.45, 7) is 3.49. The van der Waals surface area contributed by atoms with E-state index in [0.29, 0.717) is 48.1 Å². The van der Waals surface area contributed by atoms with Crippen LogP contribution in [0.4, 0.5) is 11.5 Å². The molecule has 0 saturated carbocycles. The fraction of sp³-hybridized carbons (Fsp3) is 0.250.